The molecule has 52 valence electrons. The molecule has 0 saturated heterocycles. The van der Waals surface area contributed by atoms with Crippen molar-refractivity contribution in [1.82, 2.24) is 6.15 Å². The summed E-state index contributed by atoms with van der Waals surface area (Å²) < 4.78 is 8.74. The van der Waals surface area contributed by atoms with E-state index < -0.39 is 8.25 Å². The Morgan fingerprint density at radius 3 is 1.25 bits per heavy atom. The summed E-state index contributed by atoms with van der Waals surface area (Å²) in [5, 5.41) is 0. The van der Waals surface area contributed by atoms with Gasteiger partial charge in [0.15, 0.2) is 0 Å². The van der Waals surface area contributed by atoms with E-state index in [9.17, 15) is 0 Å². The molecule has 5 heteroatoms. The molecule has 0 aromatic carbocycles. The van der Waals surface area contributed by atoms with Crippen molar-refractivity contribution in [2.75, 3.05) is 0 Å². The number of hydrogen-bond donors (Lipinski definition) is 3. The Kier molecular flexibility index (Phi) is 9.76. The van der Waals surface area contributed by atoms with Crippen LogP contribution in [0, 0.1) is 0 Å². The van der Waals surface area contributed by atoms with E-state index in [1.807, 2.05) is 0 Å². The summed E-state index contributed by atoms with van der Waals surface area (Å²) in [7, 11) is -3.13. The first-order chi connectivity index (χ1) is 3.23. The lowest BCUT2D eigenvalue weighted by Gasteiger charge is -1.61. The van der Waals surface area contributed by atoms with Gasteiger partial charge in [-0.05, 0) is 0 Å². The summed E-state index contributed by atoms with van der Waals surface area (Å²) in [6.07, 6.45) is 4.50. The lowest BCUT2D eigenvalue weighted by molar-refractivity contribution is 0.405. The Bertz CT molecular complexity index is 58.8. The fourth-order valence-corrected chi connectivity index (χ4v) is 0. The molecule has 1 rings (SSSR count). The van der Waals surface area contributed by atoms with E-state index >= 15 is 0 Å². The van der Waals surface area contributed by atoms with Crippen molar-refractivity contribution in [1.29, 1.82) is 0 Å². The van der Waals surface area contributed by atoms with Crippen molar-refractivity contribution >= 4 is 8.25 Å². The van der Waals surface area contributed by atoms with E-state index in [1.54, 1.807) is 0 Å². The number of hydrogen-bond acceptors (Lipinski definition) is 2. The Hall–Kier alpha value is 0.110. The average Bonchev–Trinajstić information content (AvgIpc) is 2.02. The van der Waals surface area contributed by atoms with Crippen LogP contribution in [0.1, 0.15) is 19.3 Å². The van der Waals surface area contributed by atoms with Gasteiger partial charge in [-0.2, -0.15) is 0 Å². The highest BCUT2D eigenvalue weighted by atomic mass is 31.1. The SMILES string of the molecule is C1CC1.N.O=[PH](O)O. The van der Waals surface area contributed by atoms with Crippen molar-refractivity contribution in [3.05, 3.63) is 0 Å². The molecular weight excluding hydrogens is 129 g/mol. The second-order valence-corrected chi connectivity index (χ2v) is 1.91. The minimum Gasteiger partial charge on any atom is -0.344 e. The lowest BCUT2D eigenvalue weighted by atomic mass is 11.0. The highest BCUT2D eigenvalue weighted by molar-refractivity contribution is 7.30. The zero-order chi connectivity index (χ0) is 5.70. The Morgan fingerprint density at radius 1 is 1.12 bits per heavy atom. The highest BCUT2D eigenvalue weighted by Gasteiger charge is 1.95. The smallest absolute Gasteiger partial charge is 0.314 e. The molecule has 0 unspecified atom stereocenters. The van der Waals surface area contributed by atoms with Gasteiger partial charge in [0.05, 0.1) is 0 Å². The van der Waals surface area contributed by atoms with Crippen LogP contribution in [-0.2, 0) is 4.57 Å². The van der Waals surface area contributed by atoms with Crippen molar-refractivity contribution in [3.63, 3.8) is 0 Å². The topological polar surface area (TPSA) is 92.5 Å². The zero-order valence-electron chi connectivity index (χ0n) is 4.63. The van der Waals surface area contributed by atoms with E-state index in [0.29, 0.717) is 0 Å². The fourth-order valence-electron chi connectivity index (χ4n) is 0. The van der Waals surface area contributed by atoms with Crippen molar-refractivity contribution in [3.8, 4) is 0 Å². The molecule has 0 aliphatic heterocycles. The summed E-state index contributed by atoms with van der Waals surface area (Å²) in [4.78, 5) is 14.3. The molecule has 1 saturated carbocycles. The van der Waals surface area contributed by atoms with Gasteiger partial charge in [-0.25, -0.2) is 0 Å². The maximum absolute atomic E-state index is 8.74. The van der Waals surface area contributed by atoms with E-state index in [1.165, 1.54) is 19.3 Å². The highest BCUT2D eigenvalue weighted by Crippen LogP contribution is 2.14. The van der Waals surface area contributed by atoms with Crippen molar-refractivity contribution in [2.45, 2.75) is 19.3 Å². The van der Waals surface area contributed by atoms with E-state index in [-0.39, 0.29) is 6.15 Å². The summed E-state index contributed by atoms with van der Waals surface area (Å²) in [6, 6.07) is 0. The van der Waals surface area contributed by atoms with E-state index in [2.05, 4.69) is 0 Å². The molecule has 0 atom stereocenters. The predicted octanol–water partition coefficient (Wildman–Crippen LogP) is 0.693. The Morgan fingerprint density at radius 2 is 1.25 bits per heavy atom. The largest absolute Gasteiger partial charge is 0.344 e. The van der Waals surface area contributed by atoms with Gasteiger partial charge in [-0.15, -0.1) is 0 Å². The van der Waals surface area contributed by atoms with Crippen LogP contribution in [0.25, 0.3) is 0 Å². The molecule has 0 spiro atoms. The molecule has 1 aliphatic carbocycles. The third kappa shape index (κ3) is 129. The van der Waals surface area contributed by atoms with Crippen molar-refractivity contribution < 1.29 is 14.4 Å². The third-order valence-corrected chi connectivity index (χ3v) is 0.354. The van der Waals surface area contributed by atoms with Gasteiger partial charge in [-0.3, -0.25) is 4.57 Å². The van der Waals surface area contributed by atoms with E-state index in [0.717, 1.165) is 0 Å². The van der Waals surface area contributed by atoms with Crippen LogP contribution in [-0.4, -0.2) is 9.79 Å². The predicted molar refractivity (Wildman–Crippen MR) is 32.3 cm³/mol. The Labute approximate surface area is 49.1 Å². The fraction of sp³-hybridized carbons (Fsp3) is 1.00. The zero-order valence-corrected chi connectivity index (χ0v) is 5.63. The summed E-state index contributed by atoms with van der Waals surface area (Å²) >= 11 is 0. The van der Waals surface area contributed by atoms with Gasteiger partial charge in [0.2, 0.25) is 0 Å². The first-order valence-corrected chi connectivity index (χ1v) is 3.45. The minimum atomic E-state index is -3.13. The van der Waals surface area contributed by atoms with Crippen LogP contribution in [0.5, 0.6) is 0 Å². The summed E-state index contributed by atoms with van der Waals surface area (Å²) in [5.74, 6) is 0. The molecule has 1 fully saturated rings. The molecule has 8 heavy (non-hydrogen) atoms. The van der Waals surface area contributed by atoms with Crippen LogP contribution in [0.3, 0.4) is 0 Å². The maximum atomic E-state index is 8.74. The normalized spacial score (nSPS) is 13.4. The molecule has 4 nitrogen and oxygen atoms in total. The van der Waals surface area contributed by atoms with Gasteiger partial charge in [-0.1, -0.05) is 19.3 Å². The standard InChI is InChI=1S/C3H6.H3N.H3O3P/c1-2-3-1;;1-4(2)3/h1-3H2;1H3;4H,(H2,1,2,3). The van der Waals surface area contributed by atoms with Crippen LogP contribution >= 0.6 is 8.25 Å². The monoisotopic (exact) mass is 141 g/mol. The molecule has 1 aliphatic rings. The van der Waals surface area contributed by atoms with Gasteiger partial charge < -0.3 is 15.9 Å². The molecule has 5 N–H and O–H groups in total. The second kappa shape index (κ2) is 7.11. The first kappa shape index (κ1) is 11.0. The lowest BCUT2D eigenvalue weighted by Crippen LogP contribution is -1.38. The van der Waals surface area contributed by atoms with Crippen LogP contribution < -0.4 is 6.15 Å². The Balaban J connectivity index is 0. The first-order valence-electron chi connectivity index (χ1n) is 2.15. The third-order valence-electron chi connectivity index (χ3n) is 0.354. The van der Waals surface area contributed by atoms with Gasteiger partial charge >= 0.3 is 8.25 Å². The van der Waals surface area contributed by atoms with Crippen molar-refractivity contribution in [2.24, 2.45) is 0 Å². The van der Waals surface area contributed by atoms with E-state index in [4.69, 9.17) is 14.4 Å². The molecule has 0 bridgehead atoms. The molecule has 0 amide bonds. The van der Waals surface area contributed by atoms with Crippen LogP contribution in [0.15, 0.2) is 0 Å². The minimum absolute atomic E-state index is 0. The summed E-state index contributed by atoms with van der Waals surface area (Å²) in [6.45, 7) is 0. The van der Waals surface area contributed by atoms with Gasteiger partial charge in [0.25, 0.3) is 0 Å². The van der Waals surface area contributed by atoms with Crippen LogP contribution in [0.2, 0.25) is 0 Å². The number of rotatable bonds is 0. The second-order valence-electron chi connectivity index (χ2n) is 1.34. The average molecular weight is 141 g/mol. The molecular formula is C3H12NO3P. The van der Waals surface area contributed by atoms with Gasteiger partial charge in [0.1, 0.15) is 0 Å². The quantitative estimate of drug-likeness (QED) is 0.433. The van der Waals surface area contributed by atoms with Crippen LogP contribution in [0.4, 0.5) is 0 Å². The summed E-state index contributed by atoms with van der Waals surface area (Å²) in [5.41, 5.74) is 0. The molecule has 0 aromatic rings. The maximum Gasteiger partial charge on any atom is 0.314 e. The molecule has 0 radical (unpaired) electrons. The molecule has 0 heterocycles. The van der Waals surface area contributed by atoms with Gasteiger partial charge in [0, 0.05) is 0 Å². The molecule has 0 aromatic heterocycles.